The minimum Gasteiger partial charge on any atom is -0.465 e. The van der Waals surface area contributed by atoms with E-state index in [0.717, 1.165) is 16.0 Å². The van der Waals surface area contributed by atoms with E-state index in [4.69, 9.17) is 21.1 Å². The van der Waals surface area contributed by atoms with Crippen molar-refractivity contribution in [2.24, 2.45) is 10.9 Å². The Bertz CT molecular complexity index is 1070. The quantitative estimate of drug-likeness (QED) is 0.337. The Balaban J connectivity index is 1.78. The van der Waals surface area contributed by atoms with E-state index in [2.05, 4.69) is 4.99 Å². The average molecular weight is 456 g/mol. The minimum atomic E-state index is -0.698. The summed E-state index contributed by atoms with van der Waals surface area (Å²) in [5.41, 5.74) is 3.45. The van der Waals surface area contributed by atoms with Crippen LogP contribution in [0.3, 0.4) is 0 Å². The molecule has 0 spiro atoms. The molecule has 7 heteroatoms. The van der Waals surface area contributed by atoms with E-state index >= 15 is 0 Å². The molecule has 2 aromatic rings. The van der Waals surface area contributed by atoms with Gasteiger partial charge in [-0.3, -0.25) is 9.79 Å². The second-order valence-corrected chi connectivity index (χ2v) is 9.12. The van der Waals surface area contributed by atoms with Gasteiger partial charge in [0.1, 0.15) is 17.2 Å². The van der Waals surface area contributed by atoms with Gasteiger partial charge in [0, 0.05) is 16.5 Å². The lowest BCUT2D eigenvalue weighted by molar-refractivity contribution is -0.146. The third-order valence-electron chi connectivity index (χ3n) is 5.36. The highest BCUT2D eigenvalue weighted by molar-refractivity contribution is 8.00. The SMILES string of the molecule is CCOC(=O)C1C(C)=NC2=C(C(=O)OC2)C1c1ccccc1SC(Cl)c1ccccc1. The summed E-state index contributed by atoms with van der Waals surface area (Å²) in [6, 6.07) is 17.5. The van der Waals surface area contributed by atoms with Crippen molar-refractivity contribution >= 4 is 41.0 Å². The summed E-state index contributed by atoms with van der Waals surface area (Å²) in [5, 5.41) is 0. The maximum Gasteiger partial charge on any atom is 0.337 e. The molecule has 0 N–H and O–H groups in total. The van der Waals surface area contributed by atoms with Gasteiger partial charge in [-0.2, -0.15) is 0 Å². The Morgan fingerprint density at radius 3 is 2.68 bits per heavy atom. The molecule has 0 bridgehead atoms. The molecule has 4 rings (SSSR count). The average Bonchev–Trinajstić information content (AvgIpc) is 3.14. The minimum absolute atomic E-state index is 0.120. The third-order valence-corrected chi connectivity index (χ3v) is 6.99. The van der Waals surface area contributed by atoms with Gasteiger partial charge >= 0.3 is 11.9 Å². The topological polar surface area (TPSA) is 65.0 Å². The van der Waals surface area contributed by atoms with Gasteiger partial charge in [0.05, 0.1) is 17.9 Å². The van der Waals surface area contributed by atoms with Gasteiger partial charge in [-0.1, -0.05) is 48.5 Å². The van der Waals surface area contributed by atoms with Crippen molar-refractivity contribution in [3.63, 3.8) is 0 Å². The fourth-order valence-corrected chi connectivity index (χ4v) is 5.44. The van der Waals surface area contributed by atoms with Crippen LogP contribution in [-0.4, -0.2) is 30.9 Å². The number of esters is 2. The second kappa shape index (κ2) is 9.28. The van der Waals surface area contributed by atoms with Crippen molar-refractivity contribution in [2.75, 3.05) is 13.2 Å². The monoisotopic (exact) mass is 455 g/mol. The summed E-state index contributed by atoms with van der Waals surface area (Å²) >= 11 is 8.19. The molecule has 0 fully saturated rings. The van der Waals surface area contributed by atoms with Crippen LogP contribution in [0.15, 0.2) is 75.8 Å². The Labute approximate surface area is 190 Å². The smallest absolute Gasteiger partial charge is 0.337 e. The molecule has 0 saturated carbocycles. The number of carbonyl (C=O) groups is 2. The number of thioether (sulfide) groups is 1. The molecule has 0 amide bonds. The number of aliphatic imine (C=N–C) groups is 1. The lowest BCUT2D eigenvalue weighted by atomic mass is 9.76. The van der Waals surface area contributed by atoms with Crippen molar-refractivity contribution in [3.05, 3.63) is 77.0 Å². The zero-order valence-electron chi connectivity index (χ0n) is 17.2. The number of hydrogen-bond donors (Lipinski definition) is 0. The molecule has 0 aliphatic carbocycles. The molecule has 31 heavy (non-hydrogen) atoms. The van der Waals surface area contributed by atoms with Crippen LogP contribution in [0.25, 0.3) is 0 Å². The van der Waals surface area contributed by atoms with Crippen molar-refractivity contribution in [2.45, 2.75) is 29.4 Å². The van der Waals surface area contributed by atoms with Crippen LogP contribution in [0, 0.1) is 5.92 Å². The fraction of sp³-hybridized carbons (Fsp3) is 0.292. The molecular weight excluding hydrogens is 434 g/mol. The van der Waals surface area contributed by atoms with Gasteiger partial charge in [-0.05, 0) is 31.0 Å². The van der Waals surface area contributed by atoms with Crippen LogP contribution in [0.2, 0.25) is 0 Å². The van der Waals surface area contributed by atoms with E-state index in [0.29, 0.717) is 17.0 Å². The summed E-state index contributed by atoms with van der Waals surface area (Å²) in [6.45, 7) is 3.93. The highest BCUT2D eigenvalue weighted by atomic mass is 35.5. The van der Waals surface area contributed by atoms with Crippen LogP contribution in [0.1, 0.15) is 35.6 Å². The number of carbonyl (C=O) groups excluding carboxylic acids is 2. The van der Waals surface area contributed by atoms with E-state index in [1.54, 1.807) is 13.8 Å². The van der Waals surface area contributed by atoms with E-state index in [1.165, 1.54) is 11.8 Å². The number of nitrogens with zero attached hydrogens (tertiary/aromatic N) is 1. The number of halogens is 1. The van der Waals surface area contributed by atoms with Gasteiger partial charge in [0.2, 0.25) is 0 Å². The Kier molecular flexibility index (Phi) is 6.49. The summed E-state index contributed by atoms with van der Waals surface area (Å²) in [4.78, 5) is 31.0. The molecule has 3 unspecified atom stereocenters. The van der Waals surface area contributed by atoms with E-state index < -0.39 is 23.8 Å². The van der Waals surface area contributed by atoms with Crippen molar-refractivity contribution in [1.29, 1.82) is 0 Å². The molecule has 5 nitrogen and oxygen atoms in total. The van der Waals surface area contributed by atoms with Crippen LogP contribution in [0.5, 0.6) is 0 Å². The van der Waals surface area contributed by atoms with E-state index in [1.807, 2.05) is 54.6 Å². The van der Waals surface area contributed by atoms with Crippen LogP contribution in [0.4, 0.5) is 0 Å². The highest BCUT2D eigenvalue weighted by Crippen LogP contribution is 2.48. The van der Waals surface area contributed by atoms with Crippen LogP contribution < -0.4 is 0 Å². The first kappa shape index (κ1) is 21.7. The Hall–Kier alpha value is -2.57. The number of benzene rings is 2. The predicted octanol–water partition coefficient (Wildman–Crippen LogP) is 5.26. The van der Waals surface area contributed by atoms with E-state index in [-0.39, 0.29) is 17.9 Å². The molecular formula is C24H22ClNO4S. The number of cyclic esters (lactones) is 1. The molecule has 0 radical (unpaired) electrons. The van der Waals surface area contributed by atoms with Gasteiger partial charge in [-0.15, -0.1) is 23.4 Å². The number of rotatable bonds is 6. The fourth-order valence-electron chi connectivity index (χ4n) is 4.00. The predicted molar refractivity (Wildman–Crippen MR) is 121 cm³/mol. The standard InChI is InChI=1S/C24H22ClNO4S/c1-3-29-23(27)19-14(2)26-17-13-30-24(28)21(17)20(19)16-11-7-8-12-18(16)31-22(25)15-9-5-4-6-10-15/h4-12,19-20,22H,3,13H2,1-2H3. The first-order valence-electron chi connectivity index (χ1n) is 10.1. The Morgan fingerprint density at radius 2 is 1.94 bits per heavy atom. The molecule has 2 aromatic carbocycles. The lowest BCUT2D eigenvalue weighted by Crippen LogP contribution is -2.35. The molecule has 3 atom stereocenters. The summed E-state index contributed by atoms with van der Waals surface area (Å²) in [7, 11) is 0. The third kappa shape index (κ3) is 4.27. The maximum atomic E-state index is 12.9. The molecule has 160 valence electrons. The molecule has 2 heterocycles. The molecule has 0 saturated heterocycles. The van der Waals surface area contributed by atoms with Crippen molar-refractivity contribution in [1.82, 2.24) is 0 Å². The summed E-state index contributed by atoms with van der Waals surface area (Å²) < 4.78 is 10.3. The zero-order chi connectivity index (χ0) is 22.0. The highest BCUT2D eigenvalue weighted by Gasteiger charge is 2.46. The van der Waals surface area contributed by atoms with Gasteiger partial charge in [0.15, 0.2) is 0 Å². The number of ether oxygens (including phenoxy) is 2. The maximum absolute atomic E-state index is 12.9. The molecule has 2 aliphatic rings. The van der Waals surface area contributed by atoms with Crippen molar-refractivity contribution < 1.29 is 19.1 Å². The first-order chi connectivity index (χ1) is 15.0. The Morgan fingerprint density at radius 1 is 1.23 bits per heavy atom. The number of alkyl halides is 1. The summed E-state index contributed by atoms with van der Waals surface area (Å²) in [5.74, 6) is -2.07. The second-order valence-electron chi connectivity index (χ2n) is 7.28. The first-order valence-corrected chi connectivity index (χ1v) is 11.4. The number of hydrogen-bond acceptors (Lipinski definition) is 6. The lowest BCUT2D eigenvalue weighted by Gasteiger charge is -2.30. The normalized spacial score (nSPS) is 21.3. The van der Waals surface area contributed by atoms with Crippen molar-refractivity contribution in [3.8, 4) is 0 Å². The van der Waals surface area contributed by atoms with Crippen LogP contribution >= 0.6 is 23.4 Å². The van der Waals surface area contributed by atoms with Gasteiger partial charge in [0.25, 0.3) is 0 Å². The van der Waals surface area contributed by atoms with Gasteiger partial charge in [-0.25, -0.2) is 4.79 Å². The van der Waals surface area contributed by atoms with E-state index in [9.17, 15) is 9.59 Å². The largest absolute Gasteiger partial charge is 0.465 e. The summed E-state index contributed by atoms with van der Waals surface area (Å²) in [6.07, 6.45) is 0. The van der Waals surface area contributed by atoms with Crippen LogP contribution in [-0.2, 0) is 19.1 Å². The molecule has 0 aromatic heterocycles. The zero-order valence-corrected chi connectivity index (χ0v) is 18.8. The molecule has 2 aliphatic heterocycles. The van der Waals surface area contributed by atoms with Gasteiger partial charge < -0.3 is 9.47 Å².